The summed E-state index contributed by atoms with van der Waals surface area (Å²) < 4.78 is 14.2. The molecule has 0 spiro atoms. The normalized spacial score (nSPS) is 16.3. The minimum Gasteiger partial charge on any atom is -0.355 e. The zero-order valence-electron chi connectivity index (χ0n) is 31.3. The van der Waals surface area contributed by atoms with E-state index in [1.54, 1.807) is 6.92 Å². The first-order valence-electron chi connectivity index (χ1n) is 18.6. The van der Waals surface area contributed by atoms with E-state index in [-0.39, 0.29) is 56.6 Å². The number of nitrogens with one attached hydrogen (secondary N) is 4. The molecule has 0 radical (unpaired) electrons. The SMILES string of the molecule is CC(C)C[C@@H](NC(=O)[C@@H](Cc1ccccc1)NC(=O)[C@H](N)Cc1ccccc1)C(=O)N[C@H](CCCCN)C(=O)N1CC(CF)(CCNC(=O)[C@@H](C)N)C1. The van der Waals surface area contributed by atoms with Crippen molar-refractivity contribution < 1.29 is 28.4 Å². The number of rotatable bonds is 22. The number of unbranched alkanes of at least 4 members (excludes halogenated alkanes) is 1. The molecule has 5 amide bonds. The predicted octanol–water partition coefficient (Wildman–Crippen LogP) is 1.08. The number of amides is 5. The van der Waals surface area contributed by atoms with Gasteiger partial charge in [-0.2, -0.15) is 0 Å². The van der Waals surface area contributed by atoms with Crippen LogP contribution in [-0.4, -0.2) is 97.5 Å². The molecule has 1 saturated heterocycles. The molecule has 1 heterocycles. The van der Waals surface area contributed by atoms with E-state index in [1.807, 2.05) is 74.5 Å². The van der Waals surface area contributed by atoms with Crippen molar-refractivity contribution in [1.29, 1.82) is 0 Å². The van der Waals surface area contributed by atoms with E-state index >= 15 is 0 Å². The van der Waals surface area contributed by atoms with Crippen molar-refractivity contribution in [3.05, 3.63) is 71.8 Å². The molecular weight excluding hydrogens is 679 g/mol. The summed E-state index contributed by atoms with van der Waals surface area (Å²) in [7, 11) is 0. The smallest absolute Gasteiger partial charge is 0.245 e. The highest BCUT2D eigenvalue weighted by molar-refractivity contribution is 5.95. The summed E-state index contributed by atoms with van der Waals surface area (Å²) in [6, 6.07) is 14.0. The number of halogens is 1. The van der Waals surface area contributed by atoms with E-state index in [9.17, 15) is 28.4 Å². The summed E-state index contributed by atoms with van der Waals surface area (Å²) >= 11 is 0. The van der Waals surface area contributed by atoms with Crippen LogP contribution >= 0.6 is 0 Å². The number of alkyl halides is 1. The van der Waals surface area contributed by atoms with Crippen molar-refractivity contribution in [3.8, 4) is 0 Å². The van der Waals surface area contributed by atoms with Crippen molar-refractivity contribution in [2.45, 2.75) is 95.9 Å². The Kier molecular flexibility index (Phi) is 17.3. The number of likely N-dealkylation sites (tertiary alicyclic amines) is 1. The van der Waals surface area contributed by atoms with Gasteiger partial charge in [-0.15, -0.1) is 0 Å². The summed E-state index contributed by atoms with van der Waals surface area (Å²) in [4.78, 5) is 68.2. The van der Waals surface area contributed by atoms with E-state index < -0.39 is 60.0 Å². The fraction of sp³-hybridized carbons (Fsp3) is 0.564. The van der Waals surface area contributed by atoms with Crippen LogP contribution in [0.4, 0.5) is 4.39 Å². The van der Waals surface area contributed by atoms with Crippen LogP contribution in [0.2, 0.25) is 0 Å². The van der Waals surface area contributed by atoms with Gasteiger partial charge in [-0.05, 0) is 69.0 Å². The molecule has 3 rings (SSSR count). The molecule has 1 fully saturated rings. The summed E-state index contributed by atoms with van der Waals surface area (Å²) in [5.74, 6) is -2.31. The van der Waals surface area contributed by atoms with Gasteiger partial charge in [-0.1, -0.05) is 74.5 Å². The first-order chi connectivity index (χ1) is 25.3. The Morgan fingerprint density at radius 2 is 1.30 bits per heavy atom. The van der Waals surface area contributed by atoms with E-state index in [2.05, 4.69) is 21.3 Å². The van der Waals surface area contributed by atoms with Gasteiger partial charge in [0.25, 0.3) is 0 Å². The molecule has 53 heavy (non-hydrogen) atoms. The maximum atomic E-state index is 14.2. The molecule has 0 aliphatic carbocycles. The number of nitrogens with zero attached hydrogens (tertiary/aromatic N) is 1. The van der Waals surface area contributed by atoms with E-state index in [1.165, 1.54) is 4.90 Å². The largest absolute Gasteiger partial charge is 0.355 e. The van der Waals surface area contributed by atoms with Gasteiger partial charge in [-0.3, -0.25) is 28.4 Å². The molecule has 13 nitrogen and oxygen atoms in total. The molecule has 10 N–H and O–H groups in total. The van der Waals surface area contributed by atoms with Gasteiger partial charge in [0, 0.05) is 31.5 Å². The molecule has 0 saturated carbocycles. The van der Waals surface area contributed by atoms with E-state index in [0.717, 1.165) is 11.1 Å². The number of hydrogen-bond donors (Lipinski definition) is 7. The summed E-state index contributed by atoms with van der Waals surface area (Å²) in [5, 5.41) is 11.2. The summed E-state index contributed by atoms with van der Waals surface area (Å²) in [6.45, 7) is 5.63. The van der Waals surface area contributed by atoms with Crippen LogP contribution in [-0.2, 0) is 36.8 Å². The van der Waals surface area contributed by atoms with Gasteiger partial charge in [0.05, 0.1) is 18.8 Å². The van der Waals surface area contributed by atoms with Gasteiger partial charge in [0.1, 0.15) is 18.1 Å². The molecule has 14 heteroatoms. The third-order valence-corrected chi connectivity index (χ3v) is 9.47. The zero-order chi connectivity index (χ0) is 39.0. The van der Waals surface area contributed by atoms with Gasteiger partial charge in [0.2, 0.25) is 29.5 Å². The lowest BCUT2D eigenvalue weighted by Gasteiger charge is -2.50. The highest BCUT2D eigenvalue weighted by atomic mass is 19.1. The molecule has 2 aromatic rings. The van der Waals surface area contributed by atoms with Crippen LogP contribution in [0.1, 0.15) is 64.0 Å². The van der Waals surface area contributed by atoms with Crippen LogP contribution in [0.5, 0.6) is 0 Å². The van der Waals surface area contributed by atoms with Crippen LogP contribution in [0.15, 0.2) is 60.7 Å². The fourth-order valence-corrected chi connectivity index (χ4v) is 6.36. The van der Waals surface area contributed by atoms with Crippen LogP contribution in [0.3, 0.4) is 0 Å². The third-order valence-electron chi connectivity index (χ3n) is 9.47. The fourth-order valence-electron chi connectivity index (χ4n) is 6.36. The molecular formula is C39H59FN8O5. The van der Waals surface area contributed by atoms with Crippen LogP contribution in [0.25, 0.3) is 0 Å². The standard InChI is InChI=1S/C39H59FN8O5/c1-26(2)20-32(47-37(52)33(22-29-14-8-5-9-15-29)46-35(50)30(43)21-28-12-6-4-7-13-28)36(51)45-31(16-10-11-18-41)38(53)48-24-39(23-40,25-48)17-19-44-34(49)27(3)42/h4-9,12-15,26-27,30-33H,10-11,16-25,41-43H2,1-3H3,(H,44,49)(H,45,51)(H,46,50)(H,47,52)/t27-,30-,31-,32-,33-/m1/s1. The van der Waals surface area contributed by atoms with E-state index in [4.69, 9.17) is 17.2 Å². The number of carbonyl (C=O) groups is 5. The van der Waals surface area contributed by atoms with Crippen molar-refractivity contribution >= 4 is 29.5 Å². The molecule has 5 atom stereocenters. The second-order valence-electron chi connectivity index (χ2n) is 14.7. The van der Waals surface area contributed by atoms with Gasteiger partial charge >= 0.3 is 0 Å². The van der Waals surface area contributed by atoms with Crippen molar-refractivity contribution in [2.24, 2.45) is 28.5 Å². The molecule has 0 aromatic heterocycles. The minimum atomic E-state index is -1.04. The summed E-state index contributed by atoms with van der Waals surface area (Å²) in [5.41, 5.74) is 18.4. The average molecular weight is 739 g/mol. The topological polar surface area (TPSA) is 215 Å². The second-order valence-corrected chi connectivity index (χ2v) is 14.7. The minimum absolute atomic E-state index is 0.0118. The van der Waals surface area contributed by atoms with Crippen molar-refractivity contribution in [3.63, 3.8) is 0 Å². The molecule has 0 bridgehead atoms. The maximum Gasteiger partial charge on any atom is 0.245 e. The second kappa shape index (κ2) is 21.3. The van der Waals surface area contributed by atoms with E-state index in [0.29, 0.717) is 32.2 Å². The van der Waals surface area contributed by atoms with Gasteiger partial charge in [0.15, 0.2) is 0 Å². The first-order valence-corrected chi connectivity index (χ1v) is 18.6. The van der Waals surface area contributed by atoms with Gasteiger partial charge in [-0.25, -0.2) is 0 Å². The highest BCUT2D eigenvalue weighted by Gasteiger charge is 2.46. The van der Waals surface area contributed by atoms with Crippen molar-refractivity contribution in [2.75, 3.05) is 32.9 Å². The highest BCUT2D eigenvalue weighted by Crippen LogP contribution is 2.35. The third kappa shape index (κ3) is 13.8. The van der Waals surface area contributed by atoms with Crippen molar-refractivity contribution in [1.82, 2.24) is 26.2 Å². The number of carbonyl (C=O) groups excluding carboxylic acids is 5. The Morgan fingerprint density at radius 3 is 1.85 bits per heavy atom. The number of nitrogens with two attached hydrogens (primary N) is 3. The molecule has 1 aliphatic rings. The van der Waals surface area contributed by atoms with Gasteiger partial charge < -0.3 is 43.4 Å². The lowest BCUT2D eigenvalue weighted by atomic mass is 9.77. The lowest BCUT2D eigenvalue weighted by molar-refractivity contribution is -0.149. The molecule has 1 aliphatic heterocycles. The Labute approximate surface area is 312 Å². The summed E-state index contributed by atoms with van der Waals surface area (Å²) in [6.07, 6.45) is 2.53. The molecule has 0 unspecified atom stereocenters. The Morgan fingerprint density at radius 1 is 0.755 bits per heavy atom. The molecule has 292 valence electrons. The average Bonchev–Trinajstić information content (AvgIpc) is 3.11. The monoisotopic (exact) mass is 738 g/mol. The Bertz CT molecular complexity index is 1470. The maximum absolute atomic E-state index is 14.2. The predicted molar refractivity (Wildman–Crippen MR) is 203 cm³/mol. The first kappa shape index (κ1) is 43.0. The lowest BCUT2D eigenvalue weighted by Crippen LogP contribution is -2.65. The molecule has 2 aromatic carbocycles. The van der Waals surface area contributed by atoms with Crippen LogP contribution < -0.4 is 38.5 Å². The zero-order valence-corrected chi connectivity index (χ0v) is 31.3. The number of hydrogen-bond acceptors (Lipinski definition) is 8. The Hall–Kier alpha value is -4.40. The Balaban J connectivity index is 1.73. The number of benzene rings is 2. The van der Waals surface area contributed by atoms with Crippen LogP contribution in [0, 0.1) is 11.3 Å². The quantitative estimate of drug-likeness (QED) is 0.0867.